The van der Waals surface area contributed by atoms with Gasteiger partial charge in [-0.1, -0.05) is 67.4 Å². The number of amides is 3. The van der Waals surface area contributed by atoms with E-state index in [-0.39, 0.29) is 17.9 Å². The third kappa shape index (κ3) is 6.13. The smallest absolute Gasteiger partial charge is 0.315 e. The van der Waals surface area contributed by atoms with E-state index < -0.39 is 0 Å². The van der Waals surface area contributed by atoms with Gasteiger partial charge in [0.2, 0.25) is 5.91 Å². The quantitative estimate of drug-likeness (QED) is 0.703. The highest BCUT2D eigenvalue weighted by Gasteiger charge is 2.22. The second-order valence-corrected chi connectivity index (χ2v) is 7.04. The van der Waals surface area contributed by atoms with Gasteiger partial charge in [0.1, 0.15) is 0 Å². The van der Waals surface area contributed by atoms with Gasteiger partial charge in [0.05, 0.1) is 0 Å². The summed E-state index contributed by atoms with van der Waals surface area (Å²) in [5.74, 6) is 0.347. The fourth-order valence-electron chi connectivity index (χ4n) is 3.39. The zero-order valence-electron chi connectivity index (χ0n) is 15.5. The van der Waals surface area contributed by atoms with Crippen molar-refractivity contribution in [3.8, 4) is 0 Å². The molecule has 3 amide bonds. The number of hydrogen-bond acceptors (Lipinski definition) is 2. The van der Waals surface area contributed by atoms with Gasteiger partial charge in [-0.15, -0.1) is 0 Å². The first kappa shape index (κ1) is 19.0. The topological polar surface area (TPSA) is 70.2 Å². The SMILES string of the molecule is O=C(NCc1ccccc1)NCc1cccc(CNC(=O)C2CCCC2)c1. The Morgan fingerprint density at radius 1 is 0.741 bits per heavy atom. The third-order valence-electron chi connectivity index (χ3n) is 4.93. The Kier molecular flexibility index (Phi) is 6.85. The lowest BCUT2D eigenvalue weighted by molar-refractivity contribution is -0.124. The van der Waals surface area contributed by atoms with Gasteiger partial charge in [-0.05, 0) is 29.5 Å². The number of rotatable bonds is 7. The van der Waals surface area contributed by atoms with Gasteiger partial charge in [0, 0.05) is 25.6 Å². The number of nitrogens with one attached hydrogen (secondary N) is 3. The fraction of sp³-hybridized carbons (Fsp3) is 0.364. The summed E-state index contributed by atoms with van der Waals surface area (Å²) in [6, 6.07) is 17.5. The van der Waals surface area contributed by atoms with Gasteiger partial charge in [-0.2, -0.15) is 0 Å². The molecule has 27 heavy (non-hydrogen) atoms. The van der Waals surface area contributed by atoms with Gasteiger partial charge in [0.25, 0.3) is 0 Å². The number of benzene rings is 2. The van der Waals surface area contributed by atoms with E-state index in [1.165, 1.54) is 0 Å². The second kappa shape index (κ2) is 9.76. The largest absolute Gasteiger partial charge is 0.352 e. The first-order valence-corrected chi connectivity index (χ1v) is 9.62. The predicted molar refractivity (Wildman–Crippen MR) is 106 cm³/mol. The van der Waals surface area contributed by atoms with Crippen molar-refractivity contribution in [2.24, 2.45) is 5.92 Å². The van der Waals surface area contributed by atoms with Crippen LogP contribution >= 0.6 is 0 Å². The first-order chi connectivity index (χ1) is 13.2. The molecule has 5 heteroatoms. The van der Waals surface area contributed by atoms with Crippen molar-refractivity contribution >= 4 is 11.9 Å². The van der Waals surface area contributed by atoms with Crippen LogP contribution < -0.4 is 16.0 Å². The molecule has 3 rings (SSSR count). The molecule has 3 N–H and O–H groups in total. The van der Waals surface area contributed by atoms with Crippen LogP contribution in [-0.2, 0) is 24.4 Å². The van der Waals surface area contributed by atoms with Crippen LogP contribution in [0.5, 0.6) is 0 Å². The van der Waals surface area contributed by atoms with E-state index >= 15 is 0 Å². The average molecular weight is 365 g/mol. The molecular weight excluding hydrogens is 338 g/mol. The Morgan fingerprint density at radius 2 is 1.30 bits per heavy atom. The number of urea groups is 1. The van der Waals surface area contributed by atoms with E-state index in [4.69, 9.17) is 0 Å². The van der Waals surface area contributed by atoms with Gasteiger partial charge >= 0.3 is 6.03 Å². The van der Waals surface area contributed by atoms with Gasteiger partial charge < -0.3 is 16.0 Å². The lowest BCUT2D eigenvalue weighted by Crippen LogP contribution is -2.34. The average Bonchev–Trinajstić information content (AvgIpc) is 3.25. The molecule has 0 spiro atoms. The van der Waals surface area contributed by atoms with E-state index in [0.29, 0.717) is 19.6 Å². The van der Waals surface area contributed by atoms with E-state index in [2.05, 4.69) is 16.0 Å². The van der Waals surface area contributed by atoms with Crippen LogP contribution in [-0.4, -0.2) is 11.9 Å². The molecule has 0 aromatic heterocycles. The predicted octanol–water partition coefficient (Wildman–Crippen LogP) is 3.49. The Hall–Kier alpha value is -2.82. The lowest BCUT2D eigenvalue weighted by atomic mass is 10.1. The maximum atomic E-state index is 12.1. The summed E-state index contributed by atoms with van der Waals surface area (Å²) >= 11 is 0. The molecule has 0 heterocycles. The normalized spacial score (nSPS) is 13.9. The highest BCUT2D eigenvalue weighted by atomic mass is 16.2. The number of carbonyl (C=O) groups excluding carboxylic acids is 2. The Balaban J connectivity index is 1.41. The molecule has 0 saturated heterocycles. The van der Waals surface area contributed by atoms with Crippen molar-refractivity contribution in [2.45, 2.75) is 45.3 Å². The summed E-state index contributed by atoms with van der Waals surface area (Å²) in [6.45, 7) is 1.48. The Bertz CT molecular complexity index is 755. The standard InChI is InChI=1S/C22H27N3O2/c26-21(20-11-4-5-12-20)23-15-18-9-6-10-19(13-18)16-25-22(27)24-14-17-7-2-1-3-8-17/h1-3,6-10,13,20H,4-5,11-12,14-16H2,(H,23,26)(H2,24,25,27). The van der Waals surface area contributed by atoms with Crippen LogP contribution in [0.25, 0.3) is 0 Å². The van der Waals surface area contributed by atoms with E-state index in [1.807, 2.05) is 54.6 Å². The van der Waals surface area contributed by atoms with Crippen molar-refractivity contribution in [3.05, 3.63) is 71.3 Å². The zero-order valence-corrected chi connectivity index (χ0v) is 15.5. The van der Waals surface area contributed by atoms with E-state index in [1.54, 1.807) is 0 Å². The summed E-state index contributed by atoms with van der Waals surface area (Å²) in [6.07, 6.45) is 4.33. The van der Waals surface area contributed by atoms with E-state index in [0.717, 1.165) is 42.4 Å². The van der Waals surface area contributed by atoms with Crippen LogP contribution in [0.15, 0.2) is 54.6 Å². The molecule has 1 aliphatic carbocycles. The molecule has 0 unspecified atom stereocenters. The van der Waals surface area contributed by atoms with Crippen molar-refractivity contribution in [1.29, 1.82) is 0 Å². The lowest BCUT2D eigenvalue weighted by Gasteiger charge is -2.12. The first-order valence-electron chi connectivity index (χ1n) is 9.62. The van der Waals surface area contributed by atoms with Crippen LogP contribution in [0.3, 0.4) is 0 Å². The van der Waals surface area contributed by atoms with Gasteiger partial charge in [-0.3, -0.25) is 4.79 Å². The molecule has 0 bridgehead atoms. The molecular formula is C22H27N3O2. The summed E-state index contributed by atoms with van der Waals surface area (Å²) in [4.78, 5) is 24.1. The molecule has 1 fully saturated rings. The minimum Gasteiger partial charge on any atom is -0.352 e. The zero-order chi connectivity index (χ0) is 18.9. The van der Waals surface area contributed by atoms with Crippen LogP contribution in [0, 0.1) is 5.92 Å². The minimum absolute atomic E-state index is 0.163. The van der Waals surface area contributed by atoms with Gasteiger partial charge in [0.15, 0.2) is 0 Å². The summed E-state index contributed by atoms with van der Waals surface area (Å²) in [5, 5.41) is 8.75. The Morgan fingerprint density at radius 3 is 1.96 bits per heavy atom. The molecule has 1 aliphatic rings. The summed E-state index contributed by atoms with van der Waals surface area (Å²) in [5.41, 5.74) is 3.12. The fourth-order valence-corrected chi connectivity index (χ4v) is 3.39. The molecule has 2 aromatic carbocycles. The van der Waals surface area contributed by atoms with Crippen molar-refractivity contribution < 1.29 is 9.59 Å². The molecule has 142 valence electrons. The number of carbonyl (C=O) groups is 2. The highest BCUT2D eigenvalue weighted by Crippen LogP contribution is 2.24. The third-order valence-corrected chi connectivity index (χ3v) is 4.93. The molecule has 0 aliphatic heterocycles. The Labute approximate surface area is 160 Å². The summed E-state index contributed by atoms with van der Waals surface area (Å²) in [7, 11) is 0. The van der Waals surface area contributed by atoms with Crippen molar-refractivity contribution in [1.82, 2.24) is 16.0 Å². The molecule has 2 aromatic rings. The molecule has 5 nitrogen and oxygen atoms in total. The molecule has 1 saturated carbocycles. The van der Waals surface area contributed by atoms with Crippen molar-refractivity contribution in [3.63, 3.8) is 0 Å². The van der Waals surface area contributed by atoms with E-state index in [9.17, 15) is 9.59 Å². The maximum absolute atomic E-state index is 12.1. The monoisotopic (exact) mass is 365 g/mol. The van der Waals surface area contributed by atoms with Gasteiger partial charge in [-0.25, -0.2) is 4.79 Å². The van der Waals surface area contributed by atoms with Crippen LogP contribution in [0.2, 0.25) is 0 Å². The maximum Gasteiger partial charge on any atom is 0.315 e. The second-order valence-electron chi connectivity index (χ2n) is 7.04. The molecule has 0 radical (unpaired) electrons. The molecule has 0 atom stereocenters. The summed E-state index contributed by atoms with van der Waals surface area (Å²) < 4.78 is 0. The minimum atomic E-state index is -0.196. The van der Waals surface area contributed by atoms with Crippen molar-refractivity contribution in [2.75, 3.05) is 0 Å². The van der Waals surface area contributed by atoms with Crippen LogP contribution in [0.1, 0.15) is 42.4 Å². The van der Waals surface area contributed by atoms with Crippen LogP contribution in [0.4, 0.5) is 4.79 Å². The number of hydrogen-bond donors (Lipinski definition) is 3. The highest BCUT2D eigenvalue weighted by molar-refractivity contribution is 5.78.